The van der Waals surface area contributed by atoms with Crippen molar-refractivity contribution >= 4 is 5.97 Å². The Hall–Kier alpha value is -3.27. The summed E-state index contributed by atoms with van der Waals surface area (Å²) in [5.74, 6) is 1.41. The van der Waals surface area contributed by atoms with E-state index < -0.39 is 5.97 Å². The van der Waals surface area contributed by atoms with Crippen LogP contribution in [0.25, 0.3) is 0 Å². The quantitative estimate of drug-likeness (QED) is 0.338. The molecule has 3 aromatic carbocycles. The standard InChI is InChI=1S/C23H22O4/c1-17-9-8-10-18(2)22(17)27-23(24)20-13-6-7-14-21(20)26-16-15-25-19-11-4-3-5-12-19/h3-14H,15-16H2,1-2H3. The van der Waals surface area contributed by atoms with Gasteiger partial charge < -0.3 is 14.2 Å². The van der Waals surface area contributed by atoms with Crippen molar-refractivity contribution in [3.8, 4) is 17.2 Å². The molecule has 0 saturated heterocycles. The van der Waals surface area contributed by atoms with Gasteiger partial charge in [0.05, 0.1) is 0 Å². The molecular formula is C23H22O4. The molecule has 4 nitrogen and oxygen atoms in total. The van der Waals surface area contributed by atoms with Crippen molar-refractivity contribution in [1.82, 2.24) is 0 Å². The molecule has 0 bridgehead atoms. The van der Waals surface area contributed by atoms with Crippen LogP contribution in [-0.2, 0) is 0 Å². The third kappa shape index (κ3) is 4.88. The maximum Gasteiger partial charge on any atom is 0.347 e. The lowest BCUT2D eigenvalue weighted by molar-refractivity contribution is 0.0726. The van der Waals surface area contributed by atoms with Gasteiger partial charge in [-0.05, 0) is 49.2 Å². The van der Waals surface area contributed by atoms with Gasteiger partial charge in [-0.15, -0.1) is 0 Å². The molecule has 0 amide bonds. The number of hydrogen-bond donors (Lipinski definition) is 0. The normalized spacial score (nSPS) is 10.3. The van der Waals surface area contributed by atoms with Gasteiger partial charge in [0.25, 0.3) is 0 Å². The fraction of sp³-hybridized carbons (Fsp3) is 0.174. The van der Waals surface area contributed by atoms with E-state index in [0.29, 0.717) is 30.3 Å². The first-order chi connectivity index (χ1) is 13.1. The van der Waals surface area contributed by atoms with Gasteiger partial charge >= 0.3 is 5.97 Å². The predicted molar refractivity (Wildman–Crippen MR) is 105 cm³/mol. The van der Waals surface area contributed by atoms with Crippen LogP contribution in [0.4, 0.5) is 0 Å². The van der Waals surface area contributed by atoms with Crippen molar-refractivity contribution in [1.29, 1.82) is 0 Å². The second-order valence-electron chi connectivity index (χ2n) is 6.12. The maximum atomic E-state index is 12.7. The Kier molecular flexibility index (Phi) is 6.10. The van der Waals surface area contributed by atoms with Crippen LogP contribution < -0.4 is 14.2 Å². The lowest BCUT2D eigenvalue weighted by atomic mass is 10.1. The Morgan fingerprint density at radius 2 is 1.37 bits per heavy atom. The highest BCUT2D eigenvalue weighted by Crippen LogP contribution is 2.26. The lowest BCUT2D eigenvalue weighted by Gasteiger charge is -2.13. The number of carbonyl (C=O) groups excluding carboxylic acids is 1. The molecule has 0 aliphatic heterocycles. The molecule has 0 N–H and O–H groups in total. The summed E-state index contributed by atoms with van der Waals surface area (Å²) in [6.07, 6.45) is 0. The Balaban J connectivity index is 1.64. The Labute approximate surface area is 159 Å². The third-order valence-electron chi connectivity index (χ3n) is 4.06. The minimum absolute atomic E-state index is 0.322. The molecule has 0 radical (unpaired) electrons. The van der Waals surface area contributed by atoms with Crippen LogP contribution >= 0.6 is 0 Å². The molecule has 0 atom stereocenters. The zero-order valence-corrected chi connectivity index (χ0v) is 15.5. The van der Waals surface area contributed by atoms with Gasteiger partial charge in [-0.2, -0.15) is 0 Å². The molecule has 138 valence electrons. The summed E-state index contributed by atoms with van der Waals surface area (Å²) in [5, 5.41) is 0. The van der Waals surface area contributed by atoms with Crippen molar-refractivity contribution in [2.75, 3.05) is 13.2 Å². The number of aryl methyl sites for hydroxylation is 2. The van der Waals surface area contributed by atoms with Crippen LogP contribution in [0.1, 0.15) is 21.5 Å². The van der Waals surface area contributed by atoms with Crippen LogP contribution in [0.2, 0.25) is 0 Å². The van der Waals surface area contributed by atoms with Gasteiger partial charge in [0, 0.05) is 0 Å². The molecule has 3 aromatic rings. The molecule has 27 heavy (non-hydrogen) atoms. The van der Waals surface area contributed by atoms with E-state index >= 15 is 0 Å². The van der Waals surface area contributed by atoms with E-state index in [0.717, 1.165) is 16.9 Å². The van der Waals surface area contributed by atoms with Gasteiger partial charge in [-0.25, -0.2) is 4.79 Å². The van der Waals surface area contributed by atoms with Gasteiger partial charge in [-0.3, -0.25) is 0 Å². The highest BCUT2D eigenvalue weighted by Gasteiger charge is 2.16. The van der Waals surface area contributed by atoms with Crippen LogP contribution in [0.15, 0.2) is 72.8 Å². The smallest absolute Gasteiger partial charge is 0.347 e. The van der Waals surface area contributed by atoms with Gasteiger partial charge in [0.15, 0.2) is 0 Å². The second-order valence-corrected chi connectivity index (χ2v) is 6.12. The Bertz CT molecular complexity index is 883. The van der Waals surface area contributed by atoms with Crippen LogP contribution in [0, 0.1) is 13.8 Å². The van der Waals surface area contributed by atoms with Gasteiger partial charge in [-0.1, -0.05) is 48.5 Å². The van der Waals surface area contributed by atoms with E-state index in [1.54, 1.807) is 18.2 Å². The fourth-order valence-corrected chi connectivity index (χ4v) is 2.70. The van der Waals surface area contributed by atoms with Crippen molar-refractivity contribution < 1.29 is 19.0 Å². The number of benzene rings is 3. The number of esters is 1. The van der Waals surface area contributed by atoms with E-state index in [1.807, 2.05) is 68.4 Å². The largest absolute Gasteiger partial charge is 0.490 e. The molecule has 0 aliphatic rings. The molecule has 0 unspecified atom stereocenters. The summed E-state index contributed by atoms with van der Waals surface area (Å²) in [7, 11) is 0. The van der Waals surface area contributed by atoms with Crippen molar-refractivity contribution in [3.05, 3.63) is 89.5 Å². The minimum atomic E-state index is -0.438. The maximum absolute atomic E-state index is 12.7. The first-order valence-corrected chi connectivity index (χ1v) is 8.83. The Morgan fingerprint density at radius 3 is 2.11 bits per heavy atom. The van der Waals surface area contributed by atoms with E-state index in [-0.39, 0.29) is 0 Å². The summed E-state index contributed by atoms with van der Waals surface area (Å²) in [6.45, 7) is 4.53. The Morgan fingerprint density at radius 1 is 0.741 bits per heavy atom. The minimum Gasteiger partial charge on any atom is -0.490 e. The summed E-state index contributed by atoms with van der Waals surface area (Å²) < 4.78 is 17.0. The van der Waals surface area contributed by atoms with E-state index in [1.165, 1.54) is 0 Å². The van der Waals surface area contributed by atoms with E-state index in [4.69, 9.17) is 14.2 Å². The average Bonchev–Trinajstić information content (AvgIpc) is 2.69. The molecule has 0 spiro atoms. The van der Waals surface area contributed by atoms with Crippen LogP contribution in [0.5, 0.6) is 17.2 Å². The molecule has 0 aromatic heterocycles. The number of rotatable bonds is 7. The summed E-state index contributed by atoms with van der Waals surface area (Å²) in [6, 6.07) is 22.4. The summed E-state index contributed by atoms with van der Waals surface area (Å²) in [5.41, 5.74) is 2.22. The number of hydrogen-bond acceptors (Lipinski definition) is 4. The topological polar surface area (TPSA) is 44.8 Å². The fourth-order valence-electron chi connectivity index (χ4n) is 2.70. The number of para-hydroxylation sites is 3. The first kappa shape index (κ1) is 18.5. The zero-order chi connectivity index (χ0) is 19.1. The van der Waals surface area contributed by atoms with Gasteiger partial charge in [0.2, 0.25) is 0 Å². The molecular weight excluding hydrogens is 340 g/mol. The SMILES string of the molecule is Cc1cccc(C)c1OC(=O)c1ccccc1OCCOc1ccccc1. The molecule has 0 fully saturated rings. The average molecular weight is 362 g/mol. The highest BCUT2D eigenvalue weighted by atomic mass is 16.5. The molecule has 4 heteroatoms. The van der Waals surface area contributed by atoms with E-state index in [2.05, 4.69) is 0 Å². The van der Waals surface area contributed by atoms with Crippen molar-refractivity contribution in [3.63, 3.8) is 0 Å². The molecule has 3 rings (SSSR count). The molecule has 0 aliphatic carbocycles. The van der Waals surface area contributed by atoms with Crippen molar-refractivity contribution in [2.45, 2.75) is 13.8 Å². The van der Waals surface area contributed by atoms with Crippen LogP contribution in [0.3, 0.4) is 0 Å². The number of ether oxygens (including phenoxy) is 3. The van der Waals surface area contributed by atoms with Crippen molar-refractivity contribution in [2.24, 2.45) is 0 Å². The van der Waals surface area contributed by atoms with E-state index in [9.17, 15) is 4.79 Å². The molecule has 0 saturated carbocycles. The van der Waals surface area contributed by atoms with Crippen LogP contribution in [-0.4, -0.2) is 19.2 Å². The first-order valence-electron chi connectivity index (χ1n) is 8.83. The monoisotopic (exact) mass is 362 g/mol. The number of carbonyl (C=O) groups is 1. The lowest BCUT2D eigenvalue weighted by Crippen LogP contribution is -2.14. The summed E-state index contributed by atoms with van der Waals surface area (Å²) in [4.78, 5) is 12.7. The second kappa shape index (κ2) is 8.90. The highest BCUT2D eigenvalue weighted by molar-refractivity contribution is 5.94. The van der Waals surface area contributed by atoms with Gasteiger partial charge in [0.1, 0.15) is 36.0 Å². The molecule has 0 heterocycles. The third-order valence-corrected chi connectivity index (χ3v) is 4.06. The zero-order valence-electron chi connectivity index (χ0n) is 15.5. The predicted octanol–water partition coefficient (Wildman–Crippen LogP) is 4.98. The summed E-state index contributed by atoms with van der Waals surface area (Å²) >= 11 is 0.